The first kappa shape index (κ1) is 26.4. The molecule has 0 spiro atoms. The number of aliphatic hydroxyl groups excluding tert-OH is 2. The summed E-state index contributed by atoms with van der Waals surface area (Å²) in [7, 11) is 1.94. The van der Waals surface area contributed by atoms with Crippen LogP contribution >= 0.6 is 11.6 Å². The number of halogens is 1. The predicted molar refractivity (Wildman–Crippen MR) is 133 cm³/mol. The van der Waals surface area contributed by atoms with Gasteiger partial charge in [-0.15, -0.1) is 0 Å². The molecule has 0 unspecified atom stereocenters. The lowest BCUT2D eigenvalue weighted by Gasteiger charge is -2.22. The maximum absolute atomic E-state index is 11.1. The number of pyridine rings is 1. The zero-order chi connectivity index (χ0) is 25.7. The molecule has 188 valence electrons. The third-order valence-electron chi connectivity index (χ3n) is 5.41. The highest BCUT2D eigenvalue weighted by Gasteiger charge is 2.17. The Bertz CT molecular complexity index is 1160. The number of hydrogen-bond acceptors (Lipinski definition) is 9. The summed E-state index contributed by atoms with van der Waals surface area (Å²) in [6.45, 7) is 7.20. The van der Waals surface area contributed by atoms with Crippen LogP contribution in [0, 0.1) is 13.8 Å². The molecule has 1 atom stereocenters. The molecule has 0 saturated heterocycles. The molecule has 11 heteroatoms. The van der Waals surface area contributed by atoms with Gasteiger partial charge in [0.1, 0.15) is 36.0 Å². The molecule has 0 aliphatic rings. The molecule has 0 radical (unpaired) electrons. The fourth-order valence-electron chi connectivity index (χ4n) is 3.34. The van der Waals surface area contributed by atoms with Gasteiger partial charge in [0, 0.05) is 30.8 Å². The SMILES string of the molecule is Cc1cc(-c2noc(-c3cc(Cl)nc(N(C)C(C)C)c3)n2)cc(C)c1OC[C@@H](O)CNC(=O)CO. The van der Waals surface area contributed by atoms with Crippen LogP contribution in [0.3, 0.4) is 0 Å². The first-order chi connectivity index (χ1) is 16.6. The van der Waals surface area contributed by atoms with Crippen molar-refractivity contribution in [2.75, 3.05) is 31.7 Å². The molecule has 0 bridgehead atoms. The molecule has 3 aromatic rings. The quantitative estimate of drug-likeness (QED) is 0.357. The van der Waals surface area contributed by atoms with Crippen LogP contribution in [-0.2, 0) is 4.79 Å². The van der Waals surface area contributed by atoms with Crippen LogP contribution in [0.2, 0.25) is 5.15 Å². The molecule has 1 amide bonds. The maximum Gasteiger partial charge on any atom is 0.258 e. The van der Waals surface area contributed by atoms with Crippen molar-refractivity contribution >= 4 is 23.3 Å². The van der Waals surface area contributed by atoms with Crippen LogP contribution < -0.4 is 15.0 Å². The van der Waals surface area contributed by atoms with Crippen molar-refractivity contribution in [1.82, 2.24) is 20.4 Å². The number of carbonyl (C=O) groups excluding carboxylic acids is 1. The number of hydrogen-bond donors (Lipinski definition) is 3. The third-order valence-corrected chi connectivity index (χ3v) is 5.60. The highest BCUT2D eigenvalue weighted by molar-refractivity contribution is 6.29. The molecule has 0 fully saturated rings. The number of aliphatic hydroxyl groups is 2. The van der Waals surface area contributed by atoms with E-state index in [1.807, 2.05) is 44.0 Å². The molecular formula is C24H30ClN5O5. The summed E-state index contributed by atoms with van der Waals surface area (Å²) in [6, 6.07) is 7.51. The predicted octanol–water partition coefficient (Wildman–Crippen LogP) is 2.76. The molecule has 3 N–H and O–H groups in total. The van der Waals surface area contributed by atoms with E-state index in [4.69, 9.17) is 26.0 Å². The van der Waals surface area contributed by atoms with E-state index in [2.05, 4.69) is 34.3 Å². The highest BCUT2D eigenvalue weighted by Crippen LogP contribution is 2.31. The molecule has 35 heavy (non-hydrogen) atoms. The van der Waals surface area contributed by atoms with E-state index in [1.165, 1.54) is 0 Å². The van der Waals surface area contributed by atoms with Gasteiger partial charge in [0.2, 0.25) is 11.7 Å². The number of ether oxygens (including phenoxy) is 1. The van der Waals surface area contributed by atoms with Gasteiger partial charge in [-0.2, -0.15) is 4.98 Å². The largest absolute Gasteiger partial charge is 0.490 e. The van der Waals surface area contributed by atoms with Gasteiger partial charge < -0.3 is 29.7 Å². The maximum atomic E-state index is 11.1. The lowest BCUT2D eigenvalue weighted by molar-refractivity contribution is -0.124. The Labute approximate surface area is 208 Å². The van der Waals surface area contributed by atoms with E-state index in [0.717, 1.165) is 16.7 Å². The first-order valence-electron chi connectivity index (χ1n) is 11.1. The van der Waals surface area contributed by atoms with Gasteiger partial charge in [0.15, 0.2) is 0 Å². The fourth-order valence-corrected chi connectivity index (χ4v) is 3.55. The first-order valence-corrected chi connectivity index (χ1v) is 11.5. The number of nitrogens with zero attached hydrogens (tertiary/aromatic N) is 4. The lowest BCUT2D eigenvalue weighted by Crippen LogP contribution is -2.36. The number of amides is 1. The zero-order valence-corrected chi connectivity index (χ0v) is 21.1. The molecule has 0 aliphatic carbocycles. The minimum Gasteiger partial charge on any atom is -0.490 e. The van der Waals surface area contributed by atoms with Gasteiger partial charge in [0.25, 0.3) is 5.89 Å². The van der Waals surface area contributed by atoms with Crippen molar-refractivity contribution in [3.8, 4) is 28.6 Å². The number of benzene rings is 1. The average Bonchev–Trinajstić information content (AvgIpc) is 3.31. The Balaban J connectivity index is 1.77. The van der Waals surface area contributed by atoms with E-state index in [1.54, 1.807) is 6.07 Å². The van der Waals surface area contributed by atoms with Gasteiger partial charge in [-0.05, 0) is 63.1 Å². The zero-order valence-electron chi connectivity index (χ0n) is 20.4. The summed E-state index contributed by atoms with van der Waals surface area (Å²) in [4.78, 5) is 22.0. The van der Waals surface area contributed by atoms with Crippen LogP contribution in [0.5, 0.6) is 5.75 Å². The summed E-state index contributed by atoms with van der Waals surface area (Å²) in [5.41, 5.74) is 3.07. The van der Waals surface area contributed by atoms with E-state index < -0.39 is 18.6 Å². The van der Waals surface area contributed by atoms with Crippen molar-refractivity contribution in [2.45, 2.75) is 39.8 Å². The number of aromatic nitrogens is 3. The molecule has 0 saturated carbocycles. The fraction of sp³-hybridized carbons (Fsp3) is 0.417. The molecule has 3 rings (SSSR count). The Morgan fingerprint density at radius 1 is 1.17 bits per heavy atom. The smallest absolute Gasteiger partial charge is 0.258 e. The van der Waals surface area contributed by atoms with Crippen molar-refractivity contribution in [3.05, 3.63) is 40.5 Å². The number of rotatable bonds is 10. The van der Waals surface area contributed by atoms with Gasteiger partial charge in [-0.25, -0.2) is 4.98 Å². The van der Waals surface area contributed by atoms with Crippen LogP contribution in [0.25, 0.3) is 22.8 Å². The second-order valence-electron chi connectivity index (χ2n) is 8.53. The molecule has 0 aliphatic heterocycles. The summed E-state index contributed by atoms with van der Waals surface area (Å²) in [5.74, 6) is 1.50. The molecule has 2 aromatic heterocycles. The Kier molecular flexibility index (Phi) is 8.66. The molecule has 1 aromatic carbocycles. The number of anilines is 1. The van der Waals surface area contributed by atoms with E-state index >= 15 is 0 Å². The van der Waals surface area contributed by atoms with E-state index in [-0.39, 0.29) is 19.2 Å². The van der Waals surface area contributed by atoms with Crippen molar-refractivity contribution in [3.63, 3.8) is 0 Å². The van der Waals surface area contributed by atoms with Gasteiger partial charge in [-0.3, -0.25) is 4.79 Å². The normalized spacial score (nSPS) is 12.0. The number of aryl methyl sites for hydroxylation is 2. The minimum atomic E-state index is -0.921. The molecule has 10 nitrogen and oxygen atoms in total. The second kappa shape index (κ2) is 11.5. The average molecular weight is 504 g/mol. The summed E-state index contributed by atoms with van der Waals surface area (Å²) < 4.78 is 11.3. The standard InChI is InChI=1S/C24H30ClN5O5/c1-13(2)30(5)20-9-17(8-19(25)27-20)24-28-23(29-35-24)16-6-14(3)22(15(4)7-16)34-12-18(32)10-26-21(33)11-31/h6-9,13,18,31-32H,10-12H2,1-5H3,(H,26,33)/t18-/m0/s1. The molecular weight excluding hydrogens is 474 g/mol. The third kappa shape index (κ3) is 6.68. The van der Waals surface area contributed by atoms with Crippen LogP contribution in [0.1, 0.15) is 25.0 Å². The van der Waals surface area contributed by atoms with Crippen molar-refractivity contribution < 1.29 is 24.3 Å². The van der Waals surface area contributed by atoms with Gasteiger partial charge in [0.05, 0.1) is 0 Å². The second-order valence-corrected chi connectivity index (χ2v) is 8.92. The van der Waals surface area contributed by atoms with Crippen molar-refractivity contribution in [2.24, 2.45) is 0 Å². The Morgan fingerprint density at radius 3 is 2.49 bits per heavy atom. The van der Waals surface area contributed by atoms with Gasteiger partial charge in [-0.1, -0.05) is 16.8 Å². The molecule has 2 heterocycles. The Hall–Kier alpha value is -3.21. The number of nitrogens with one attached hydrogen (secondary N) is 1. The van der Waals surface area contributed by atoms with Crippen LogP contribution in [0.15, 0.2) is 28.8 Å². The van der Waals surface area contributed by atoms with E-state index in [9.17, 15) is 9.90 Å². The Morgan fingerprint density at radius 2 is 1.86 bits per heavy atom. The summed E-state index contributed by atoms with van der Waals surface area (Å²) in [6.07, 6.45) is -0.921. The highest BCUT2D eigenvalue weighted by atomic mass is 35.5. The topological polar surface area (TPSA) is 134 Å². The van der Waals surface area contributed by atoms with Gasteiger partial charge >= 0.3 is 0 Å². The van der Waals surface area contributed by atoms with Crippen LogP contribution in [0.4, 0.5) is 5.82 Å². The van der Waals surface area contributed by atoms with Crippen molar-refractivity contribution in [1.29, 1.82) is 0 Å². The summed E-state index contributed by atoms with van der Waals surface area (Å²) in [5, 5.41) is 25.6. The van der Waals surface area contributed by atoms with Crippen LogP contribution in [-0.4, -0.2) is 70.2 Å². The minimum absolute atomic E-state index is 0.0188. The summed E-state index contributed by atoms with van der Waals surface area (Å²) >= 11 is 6.23. The monoisotopic (exact) mass is 503 g/mol. The lowest BCUT2D eigenvalue weighted by atomic mass is 10.1. The number of carbonyl (C=O) groups is 1. The van der Waals surface area contributed by atoms with E-state index in [0.29, 0.717) is 34.0 Å².